The highest BCUT2D eigenvalue weighted by Crippen LogP contribution is 2.17. The lowest BCUT2D eigenvalue weighted by Crippen LogP contribution is -2.28. The van der Waals surface area contributed by atoms with Gasteiger partial charge in [0, 0.05) is 5.41 Å². The Labute approximate surface area is 89.1 Å². The quantitative estimate of drug-likeness (QED) is 0.703. The molecule has 0 bridgehead atoms. The average Bonchev–Trinajstić information content (AvgIpc) is 2.17. The zero-order valence-corrected chi connectivity index (χ0v) is 9.03. The molecule has 1 heterocycles. The van der Waals surface area contributed by atoms with Crippen molar-refractivity contribution in [2.75, 3.05) is 5.32 Å². The largest absolute Gasteiger partial charge is 0.308 e. The predicted molar refractivity (Wildman–Crippen MR) is 58.1 cm³/mol. The van der Waals surface area contributed by atoms with Gasteiger partial charge >= 0.3 is 0 Å². The van der Waals surface area contributed by atoms with Gasteiger partial charge in [0.1, 0.15) is 0 Å². The van der Waals surface area contributed by atoms with Crippen molar-refractivity contribution in [3.63, 3.8) is 0 Å². The fourth-order valence-electron chi connectivity index (χ4n) is 0.836. The number of hydrogen-bond acceptors (Lipinski definition) is 3. The monoisotopic (exact) mass is 203 g/mol. The molecular formula is C11H13N3O. The minimum atomic E-state index is -0.483. The molecule has 0 aliphatic heterocycles. The van der Waals surface area contributed by atoms with E-state index < -0.39 is 5.41 Å². The summed E-state index contributed by atoms with van der Waals surface area (Å²) in [4.78, 5) is 11.7. The molecule has 1 amide bonds. The fourth-order valence-corrected chi connectivity index (χ4v) is 0.836. The summed E-state index contributed by atoms with van der Waals surface area (Å²) in [5, 5.41) is 10.1. The summed E-state index contributed by atoms with van der Waals surface area (Å²) in [6.07, 6.45) is 6.75. The summed E-state index contributed by atoms with van der Waals surface area (Å²) in [6.45, 7) is 5.44. The number of carbonyl (C=O) groups is 1. The third-order valence-electron chi connectivity index (χ3n) is 1.79. The standard InChI is InChI=1S/C11H13N3O/c1-5-8-6-7-12-14-9(8)13-10(15)11(2,3)4/h1,6-7H,2-4H3,(H,13,14,15). The molecule has 1 aromatic heterocycles. The molecule has 0 atom stereocenters. The highest BCUT2D eigenvalue weighted by atomic mass is 16.2. The van der Waals surface area contributed by atoms with Crippen LogP contribution in [0.4, 0.5) is 5.82 Å². The third kappa shape index (κ3) is 2.78. The smallest absolute Gasteiger partial charge is 0.230 e. The maximum absolute atomic E-state index is 11.7. The highest BCUT2D eigenvalue weighted by Gasteiger charge is 2.22. The van der Waals surface area contributed by atoms with Crippen molar-refractivity contribution in [2.24, 2.45) is 5.41 Å². The van der Waals surface area contributed by atoms with Crippen LogP contribution in [0.15, 0.2) is 12.3 Å². The van der Waals surface area contributed by atoms with E-state index in [4.69, 9.17) is 6.42 Å². The van der Waals surface area contributed by atoms with E-state index in [1.54, 1.807) is 6.07 Å². The summed E-state index contributed by atoms with van der Waals surface area (Å²) < 4.78 is 0. The number of rotatable bonds is 1. The van der Waals surface area contributed by atoms with E-state index in [1.165, 1.54) is 6.20 Å². The van der Waals surface area contributed by atoms with Gasteiger partial charge in [0.2, 0.25) is 5.91 Å². The summed E-state index contributed by atoms with van der Waals surface area (Å²) in [7, 11) is 0. The van der Waals surface area contributed by atoms with Crippen LogP contribution < -0.4 is 5.32 Å². The zero-order valence-electron chi connectivity index (χ0n) is 9.03. The number of terminal acetylenes is 1. The predicted octanol–water partition coefficient (Wildman–Crippen LogP) is 1.44. The molecule has 78 valence electrons. The molecule has 4 heteroatoms. The van der Waals surface area contributed by atoms with Crippen molar-refractivity contribution < 1.29 is 4.79 Å². The van der Waals surface area contributed by atoms with E-state index in [-0.39, 0.29) is 5.91 Å². The Hall–Kier alpha value is -1.89. The van der Waals surface area contributed by atoms with Gasteiger partial charge in [-0.15, -0.1) is 11.5 Å². The van der Waals surface area contributed by atoms with Gasteiger partial charge < -0.3 is 5.32 Å². The highest BCUT2D eigenvalue weighted by molar-refractivity contribution is 5.94. The zero-order chi connectivity index (χ0) is 11.5. The van der Waals surface area contributed by atoms with E-state index in [2.05, 4.69) is 21.4 Å². The van der Waals surface area contributed by atoms with Crippen molar-refractivity contribution >= 4 is 11.7 Å². The molecule has 1 aromatic rings. The Balaban J connectivity index is 2.92. The van der Waals surface area contributed by atoms with E-state index in [9.17, 15) is 4.79 Å². The summed E-state index contributed by atoms with van der Waals surface area (Å²) in [5.41, 5.74) is 0.0474. The average molecular weight is 203 g/mol. The van der Waals surface area contributed by atoms with E-state index >= 15 is 0 Å². The van der Waals surface area contributed by atoms with Crippen molar-refractivity contribution in [1.29, 1.82) is 0 Å². The molecule has 1 N–H and O–H groups in total. The number of amides is 1. The summed E-state index contributed by atoms with van der Waals surface area (Å²) in [6, 6.07) is 1.63. The Morgan fingerprint density at radius 2 is 2.20 bits per heavy atom. The number of anilines is 1. The Morgan fingerprint density at radius 1 is 1.53 bits per heavy atom. The van der Waals surface area contributed by atoms with Gasteiger partial charge in [0.25, 0.3) is 0 Å². The normalized spacial score (nSPS) is 10.5. The van der Waals surface area contributed by atoms with Crippen molar-refractivity contribution in [2.45, 2.75) is 20.8 Å². The van der Waals surface area contributed by atoms with Gasteiger partial charge in [-0.25, -0.2) is 0 Å². The molecule has 0 aromatic carbocycles. The van der Waals surface area contributed by atoms with E-state index in [0.717, 1.165) is 0 Å². The van der Waals surface area contributed by atoms with Crippen LogP contribution >= 0.6 is 0 Å². The first-order valence-electron chi connectivity index (χ1n) is 4.55. The first-order valence-corrected chi connectivity index (χ1v) is 4.55. The second-order valence-corrected chi connectivity index (χ2v) is 4.14. The lowest BCUT2D eigenvalue weighted by Gasteiger charge is -2.17. The number of hydrogen-bond donors (Lipinski definition) is 1. The topological polar surface area (TPSA) is 54.9 Å². The Kier molecular flexibility index (Phi) is 3.05. The number of aromatic nitrogens is 2. The van der Waals surface area contributed by atoms with Crippen LogP contribution in [-0.2, 0) is 4.79 Å². The van der Waals surface area contributed by atoms with Crippen LogP contribution in [0.3, 0.4) is 0 Å². The molecule has 15 heavy (non-hydrogen) atoms. The minimum Gasteiger partial charge on any atom is -0.308 e. The van der Waals surface area contributed by atoms with Gasteiger partial charge in [-0.05, 0) is 6.07 Å². The number of nitrogens with one attached hydrogen (secondary N) is 1. The summed E-state index contributed by atoms with van der Waals surface area (Å²) in [5.74, 6) is 2.63. The lowest BCUT2D eigenvalue weighted by molar-refractivity contribution is -0.123. The molecule has 1 rings (SSSR count). The van der Waals surface area contributed by atoms with Crippen molar-refractivity contribution in [3.05, 3.63) is 17.8 Å². The Bertz CT molecular complexity index is 413. The Morgan fingerprint density at radius 3 is 2.73 bits per heavy atom. The first-order chi connectivity index (χ1) is 6.95. The van der Waals surface area contributed by atoms with Gasteiger partial charge in [-0.3, -0.25) is 4.79 Å². The molecule has 0 unspecified atom stereocenters. The van der Waals surface area contributed by atoms with E-state index in [1.807, 2.05) is 20.8 Å². The van der Waals surface area contributed by atoms with Crippen LogP contribution in [0.1, 0.15) is 26.3 Å². The first kappa shape index (κ1) is 11.2. The minimum absolute atomic E-state index is 0.139. The number of nitrogens with zero attached hydrogens (tertiary/aromatic N) is 2. The van der Waals surface area contributed by atoms with Crippen LogP contribution in [0.5, 0.6) is 0 Å². The number of carbonyl (C=O) groups excluding carboxylic acids is 1. The molecule has 0 aliphatic rings. The van der Waals surface area contributed by atoms with Crippen LogP contribution in [0.25, 0.3) is 0 Å². The van der Waals surface area contributed by atoms with Crippen LogP contribution in [0, 0.1) is 17.8 Å². The molecule has 4 nitrogen and oxygen atoms in total. The lowest BCUT2D eigenvalue weighted by atomic mass is 9.96. The van der Waals surface area contributed by atoms with Crippen molar-refractivity contribution in [3.8, 4) is 12.3 Å². The molecule has 0 fully saturated rings. The van der Waals surface area contributed by atoms with E-state index in [0.29, 0.717) is 11.4 Å². The van der Waals surface area contributed by atoms with Gasteiger partial charge in [0.15, 0.2) is 5.82 Å². The van der Waals surface area contributed by atoms with Crippen molar-refractivity contribution in [1.82, 2.24) is 10.2 Å². The molecule has 0 saturated heterocycles. The third-order valence-corrected chi connectivity index (χ3v) is 1.79. The maximum atomic E-state index is 11.7. The maximum Gasteiger partial charge on any atom is 0.230 e. The fraction of sp³-hybridized carbons (Fsp3) is 0.364. The van der Waals surface area contributed by atoms with Crippen LogP contribution in [-0.4, -0.2) is 16.1 Å². The van der Waals surface area contributed by atoms with Gasteiger partial charge in [-0.1, -0.05) is 26.7 Å². The van der Waals surface area contributed by atoms with Gasteiger partial charge in [0.05, 0.1) is 11.8 Å². The second-order valence-electron chi connectivity index (χ2n) is 4.14. The van der Waals surface area contributed by atoms with Crippen LogP contribution in [0.2, 0.25) is 0 Å². The molecule has 0 saturated carbocycles. The molecule has 0 spiro atoms. The molecule has 0 aliphatic carbocycles. The molecular weight excluding hydrogens is 190 g/mol. The van der Waals surface area contributed by atoms with Gasteiger partial charge in [-0.2, -0.15) is 5.10 Å². The molecule has 0 radical (unpaired) electrons. The SMILES string of the molecule is C#Cc1ccnnc1NC(=O)C(C)(C)C. The summed E-state index contributed by atoms with van der Waals surface area (Å²) >= 11 is 0. The second kappa shape index (κ2) is 4.09.